The van der Waals surface area contributed by atoms with E-state index in [1.165, 1.54) is 13.3 Å². The minimum Gasteiger partial charge on any atom is -0.494 e. The molecule has 0 fully saturated rings. The number of hydrazone groups is 1. The van der Waals surface area contributed by atoms with Crippen LogP contribution in [0, 0.1) is 0 Å². The van der Waals surface area contributed by atoms with Crippen molar-refractivity contribution >= 4 is 29.6 Å². The number of amides is 3. The first-order valence-electron chi connectivity index (χ1n) is 9.92. The lowest BCUT2D eigenvalue weighted by molar-refractivity contribution is -0.139. The Kier molecular flexibility index (Phi) is 9.51. The Labute approximate surface area is 185 Å². The van der Waals surface area contributed by atoms with Crippen molar-refractivity contribution in [2.75, 3.05) is 32.2 Å². The van der Waals surface area contributed by atoms with Crippen molar-refractivity contribution in [3.63, 3.8) is 0 Å². The van der Waals surface area contributed by atoms with Crippen LogP contribution in [0.5, 0.6) is 17.2 Å². The van der Waals surface area contributed by atoms with Crippen molar-refractivity contribution < 1.29 is 28.6 Å². The number of para-hydroxylation sites is 1. The van der Waals surface area contributed by atoms with Crippen LogP contribution in [0.25, 0.3) is 0 Å². The number of carbonyl (C=O) groups is 3. The molecule has 2 aromatic carbocycles. The van der Waals surface area contributed by atoms with Crippen LogP contribution in [0.1, 0.15) is 19.4 Å². The second-order valence-corrected chi connectivity index (χ2v) is 6.23. The number of nitrogens with zero attached hydrogens (tertiary/aromatic N) is 1. The van der Waals surface area contributed by atoms with Gasteiger partial charge in [-0.05, 0) is 50.2 Å². The van der Waals surface area contributed by atoms with Gasteiger partial charge in [0.15, 0.2) is 18.1 Å². The largest absolute Gasteiger partial charge is 0.494 e. The number of carbonyl (C=O) groups excluding carboxylic acids is 3. The minimum atomic E-state index is -0.900. The van der Waals surface area contributed by atoms with Gasteiger partial charge in [0.25, 0.3) is 5.91 Å². The van der Waals surface area contributed by atoms with Gasteiger partial charge in [-0.1, -0.05) is 6.07 Å². The third-order valence-electron chi connectivity index (χ3n) is 3.94. The van der Waals surface area contributed by atoms with Crippen LogP contribution in [0.15, 0.2) is 47.6 Å². The van der Waals surface area contributed by atoms with E-state index in [2.05, 4.69) is 21.2 Å². The van der Waals surface area contributed by atoms with Gasteiger partial charge >= 0.3 is 11.8 Å². The molecular weight excluding hydrogens is 416 g/mol. The maximum Gasteiger partial charge on any atom is 0.329 e. The molecule has 0 saturated heterocycles. The van der Waals surface area contributed by atoms with Gasteiger partial charge in [0, 0.05) is 17.8 Å². The molecule has 2 aromatic rings. The lowest BCUT2D eigenvalue weighted by Crippen LogP contribution is -2.37. The van der Waals surface area contributed by atoms with Gasteiger partial charge in [0.1, 0.15) is 5.75 Å². The normalized spacial score (nSPS) is 10.3. The standard InChI is InChI=1S/C22H26N4O6/c1-4-23-21(28)22(29)26-24-13-15-7-6-8-18(30-3)20(15)32-14-19(27)25-16-9-11-17(12-10-16)31-5-2/h6-13H,4-5,14H2,1-3H3,(H,23,28)(H,25,27)(H,26,29)/b24-13-. The molecule has 2 rings (SSSR count). The number of methoxy groups -OCH3 is 1. The van der Waals surface area contributed by atoms with E-state index in [-0.39, 0.29) is 18.3 Å². The molecular formula is C22H26N4O6. The number of anilines is 1. The molecule has 3 N–H and O–H groups in total. The highest BCUT2D eigenvalue weighted by atomic mass is 16.5. The molecule has 0 spiro atoms. The lowest BCUT2D eigenvalue weighted by Gasteiger charge is -2.13. The topological polar surface area (TPSA) is 127 Å². The maximum absolute atomic E-state index is 12.3. The highest BCUT2D eigenvalue weighted by molar-refractivity contribution is 6.35. The molecule has 0 radical (unpaired) electrons. The molecule has 0 aliphatic carbocycles. The Balaban J connectivity index is 2.02. The van der Waals surface area contributed by atoms with E-state index in [9.17, 15) is 14.4 Å². The van der Waals surface area contributed by atoms with E-state index in [0.29, 0.717) is 35.9 Å². The Morgan fingerprint density at radius 2 is 1.75 bits per heavy atom. The van der Waals surface area contributed by atoms with Crippen molar-refractivity contribution in [2.24, 2.45) is 5.10 Å². The van der Waals surface area contributed by atoms with E-state index in [1.54, 1.807) is 49.4 Å². The van der Waals surface area contributed by atoms with E-state index < -0.39 is 11.8 Å². The monoisotopic (exact) mass is 442 g/mol. The van der Waals surface area contributed by atoms with Gasteiger partial charge in [0.05, 0.1) is 19.9 Å². The summed E-state index contributed by atoms with van der Waals surface area (Å²) in [7, 11) is 1.46. The average molecular weight is 442 g/mol. The number of benzene rings is 2. The lowest BCUT2D eigenvalue weighted by atomic mass is 10.2. The van der Waals surface area contributed by atoms with Gasteiger partial charge in [-0.3, -0.25) is 14.4 Å². The SMILES string of the molecule is CCNC(=O)C(=O)N/N=C\c1cccc(OC)c1OCC(=O)Nc1ccc(OCC)cc1. The van der Waals surface area contributed by atoms with E-state index in [0.717, 1.165) is 0 Å². The van der Waals surface area contributed by atoms with Crippen LogP contribution >= 0.6 is 0 Å². The van der Waals surface area contributed by atoms with Crippen LogP contribution in [-0.2, 0) is 14.4 Å². The molecule has 10 heteroatoms. The number of likely N-dealkylation sites (N-methyl/N-ethyl adjacent to an activating group) is 1. The fraction of sp³-hybridized carbons (Fsp3) is 0.273. The molecule has 0 unspecified atom stereocenters. The zero-order valence-electron chi connectivity index (χ0n) is 18.1. The summed E-state index contributed by atoms with van der Waals surface area (Å²) in [5.41, 5.74) is 3.16. The number of hydrogen-bond donors (Lipinski definition) is 3. The minimum absolute atomic E-state index is 0.257. The summed E-state index contributed by atoms with van der Waals surface area (Å²) in [5.74, 6) is -0.738. The van der Waals surface area contributed by atoms with Crippen molar-refractivity contribution in [3.05, 3.63) is 48.0 Å². The van der Waals surface area contributed by atoms with Gasteiger partial charge in [0.2, 0.25) is 0 Å². The molecule has 0 aliphatic heterocycles. The Morgan fingerprint density at radius 1 is 1.00 bits per heavy atom. The summed E-state index contributed by atoms with van der Waals surface area (Å²) < 4.78 is 16.3. The summed E-state index contributed by atoms with van der Waals surface area (Å²) in [4.78, 5) is 35.4. The number of hydrogen-bond acceptors (Lipinski definition) is 7. The van der Waals surface area contributed by atoms with Crippen molar-refractivity contribution in [3.8, 4) is 17.2 Å². The van der Waals surface area contributed by atoms with Crippen molar-refractivity contribution in [1.82, 2.24) is 10.7 Å². The third kappa shape index (κ3) is 7.31. The predicted molar refractivity (Wildman–Crippen MR) is 119 cm³/mol. The van der Waals surface area contributed by atoms with E-state index in [4.69, 9.17) is 14.2 Å². The molecule has 0 aliphatic rings. The summed E-state index contributed by atoms with van der Waals surface area (Å²) in [6.07, 6.45) is 1.29. The quantitative estimate of drug-likeness (QED) is 0.292. The summed E-state index contributed by atoms with van der Waals surface area (Å²) in [6, 6.07) is 12.0. The van der Waals surface area contributed by atoms with Gasteiger partial charge in [-0.15, -0.1) is 0 Å². The van der Waals surface area contributed by atoms with Crippen LogP contribution in [0.3, 0.4) is 0 Å². The van der Waals surface area contributed by atoms with Gasteiger partial charge < -0.3 is 24.8 Å². The smallest absolute Gasteiger partial charge is 0.329 e. The van der Waals surface area contributed by atoms with Crippen molar-refractivity contribution in [1.29, 1.82) is 0 Å². The molecule has 10 nitrogen and oxygen atoms in total. The first-order chi connectivity index (χ1) is 15.5. The first kappa shape index (κ1) is 24.2. The molecule has 0 bridgehead atoms. The number of ether oxygens (including phenoxy) is 3. The van der Waals surface area contributed by atoms with Crippen LogP contribution in [0.2, 0.25) is 0 Å². The second-order valence-electron chi connectivity index (χ2n) is 6.23. The Bertz CT molecular complexity index is 959. The zero-order valence-corrected chi connectivity index (χ0v) is 18.1. The number of nitrogens with one attached hydrogen (secondary N) is 3. The highest BCUT2D eigenvalue weighted by Crippen LogP contribution is 2.30. The van der Waals surface area contributed by atoms with Crippen LogP contribution in [0.4, 0.5) is 5.69 Å². The predicted octanol–water partition coefficient (Wildman–Crippen LogP) is 1.70. The third-order valence-corrected chi connectivity index (χ3v) is 3.94. The van der Waals surface area contributed by atoms with Gasteiger partial charge in [-0.25, -0.2) is 5.43 Å². The Morgan fingerprint density at radius 3 is 2.41 bits per heavy atom. The first-order valence-corrected chi connectivity index (χ1v) is 9.92. The van der Waals surface area contributed by atoms with Crippen LogP contribution in [-0.4, -0.2) is 50.8 Å². The fourth-order valence-corrected chi connectivity index (χ4v) is 2.54. The average Bonchev–Trinajstić information content (AvgIpc) is 2.79. The molecule has 32 heavy (non-hydrogen) atoms. The maximum atomic E-state index is 12.3. The zero-order chi connectivity index (χ0) is 23.3. The molecule has 3 amide bonds. The van der Waals surface area contributed by atoms with Crippen molar-refractivity contribution in [2.45, 2.75) is 13.8 Å². The fourth-order valence-electron chi connectivity index (χ4n) is 2.54. The van der Waals surface area contributed by atoms with Gasteiger partial charge in [-0.2, -0.15) is 5.10 Å². The second kappa shape index (κ2) is 12.6. The highest BCUT2D eigenvalue weighted by Gasteiger charge is 2.13. The summed E-state index contributed by atoms with van der Waals surface area (Å²) in [5, 5.41) is 8.86. The number of rotatable bonds is 10. The molecule has 0 aromatic heterocycles. The Hall–Kier alpha value is -4.08. The van der Waals surface area contributed by atoms with E-state index in [1.807, 2.05) is 6.92 Å². The summed E-state index contributed by atoms with van der Waals surface area (Å²) >= 11 is 0. The summed E-state index contributed by atoms with van der Waals surface area (Å²) in [6.45, 7) is 4.17. The molecule has 0 saturated carbocycles. The van der Waals surface area contributed by atoms with E-state index >= 15 is 0 Å². The molecule has 170 valence electrons. The molecule has 0 atom stereocenters. The van der Waals surface area contributed by atoms with Crippen LogP contribution < -0.4 is 30.3 Å². The molecule has 0 heterocycles.